The van der Waals surface area contributed by atoms with E-state index in [-0.39, 0.29) is 6.54 Å². The Hall–Kier alpha value is -1.17. The molecule has 1 aromatic heterocycles. The second-order valence-corrected chi connectivity index (χ2v) is 4.72. The maximum absolute atomic E-state index is 13.3. The third-order valence-electron chi connectivity index (χ3n) is 2.20. The topological polar surface area (TPSA) is 48.1 Å². The van der Waals surface area contributed by atoms with Crippen LogP contribution in [0.1, 0.15) is 5.69 Å². The molecule has 2 N–H and O–H groups in total. The molecule has 0 amide bonds. The van der Waals surface area contributed by atoms with Crippen LogP contribution in [-0.4, -0.2) is 4.98 Å². The Morgan fingerprint density at radius 1 is 1.33 bits per heavy atom. The van der Waals surface area contributed by atoms with E-state index in [9.17, 15) is 4.39 Å². The van der Waals surface area contributed by atoms with E-state index >= 15 is 0 Å². The summed E-state index contributed by atoms with van der Waals surface area (Å²) < 4.78 is 19.1. The van der Waals surface area contributed by atoms with Gasteiger partial charge in [0.05, 0.1) is 15.2 Å². The Bertz CT molecular complexity index is 580. The maximum atomic E-state index is 13.3. The van der Waals surface area contributed by atoms with Gasteiger partial charge >= 0.3 is 0 Å². The van der Waals surface area contributed by atoms with E-state index in [1.54, 1.807) is 24.3 Å². The number of halogens is 3. The first-order valence-electron chi connectivity index (χ1n) is 5.08. The van der Waals surface area contributed by atoms with Gasteiger partial charge in [0.15, 0.2) is 0 Å². The summed E-state index contributed by atoms with van der Waals surface area (Å²) in [7, 11) is 0. The van der Waals surface area contributed by atoms with Crippen molar-refractivity contribution in [2.75, 3.05) is 0 Å². The Morgan fingerprint density at radius 3 is 2.78 bits per heavy atom. The van der Waals surface area contributed by atoms with Crippen molar-refractivity contribution in [2.45, 2.75) is 6.54 Å². The maximum Gasteiger partial charge on any atom is 0.219 e. The van der Waals surface area contributed by atoms with E-state index in [4.69, 9.17) is 22.1 Å². The molecule has 0 aliphatic heterocycles. The van der Waals surface area contributed by atoms with Crippen molar-refractivity contribution in [1.82, 2.24) is 4.98 Å². The van der Waals surface area contributed by atoms with Gasteiger partial charge < -0.3 is 10.5 Å². The van der Waals surface area contributed by atoms with Gasteiger partial charge in [-0.15, -0.1) is 0 Å². The molecule has 1 aromatic carbocycles. The van der Waals surface area contributed by atoms with Crippen molar-refractivity contribution in [1.29, 1.82) is 0 Å². The summed E-state index contributed by atoms with van der Waals surface area (Å²) in [6.45, 7) is 0.213. The molecule has 6 heteroatoms. The minimum absolute atomic E-state index is 0.213. The Kier molecular flexibility index (Phi) is 4.16. The summed E-state index contributed by atoms with van der Waals surface area (Å²) in [6.07, 6.45) is 0. The fraction of sp³-hybridized carbons (Fsp3) is 0.0833. The van der Waals surface area contributed by atoms with Gasteiger partial charge in [0.25, 0.3) is 0 Å². The molecule has 0 radical (unpaired) electrons. The van der Waals surface area contributed by atoms with Crippen LogP contribution < -0.4 is 10.5 Å². The average molecular weight is 332 g/mol. The number of pyridine rings is 1. The lowest BCUT2D eigenvalue weighted by Gasteiger charge is -2.07. The van der Waals surface area contributed by atoms with E-state index in [0.717, 1.165) is 0 Å². The number of nitrogens with zero attached hydrogens (tertiary/aromatic N) is 1. The highest BCUT2D eigenvalue weighted by molar-refractivity contribution is 9.10. The smallest absolute Gasteiger partial charge is 0.219 e. The lowest BCUT2D eigenvalue weighted by atomic mass is 10.3. The zero-order valence-electron chi connectivity index (χ0n) is 9.16. The van der Waals surface area contributed by atoms with Gasteiger partial charge in [-0.2, -0.15) is 0 Å². The zero-order chi connectivity index (χ0) is 13.1. The van der Waals surface area contributed by atoms with Gasteiger partial charge in [-0.1, -0.05) is 11.6 Å². The number of ether oxygens (including phenoxy) is 1. The molecule has 0 spiro atoms. The molecule has 0 fully saturated rings. The minimum Gasteiger partial charge on any atom is -0.439 e. The van der Waals surface area contributed by atoms with Crippen LogP contribution in [0.25, 0.3) is 0 Å². The van der Waals surface area contributed by atoms with E-state index in [0.29, 0.717) is 26.8 Å². The lowest BCUT2D eigenvalue weighted by molar-refractivity contribution is 0.455. The monoisotopic (exact) mass is 330 g/mol. The molecule has 0 unspecified atom stereocenters. The molecule has 94 valence electrons. The first kappa shape index (κ1) is 13.3. The van der Waals surface area contributed by atoms with Crippen LogP contribution in [0.15, 0.2) is 34.8 Å². The van der Waals surface area contributed by atoms with Gasteiger partial charge in [-0.05, 0) is 34.1 Å². The first-order valence-corrected chi connectivity index (χ1v) is 6.25. The molecule has 0 saturated heterocycles. The van der Waals surface area contributed by atoms with Crippen LogP contribution >= 0.6 is 27.5 Å². The normalized spacial score (nSPS) is 10.4. The fourth-order valence-corrected chi connectivity index (χ4v) is 1.75. The summed E-state index contributed by atoms with van der Waals surface area (Å²) in [5.74, 6) is 0.274. The van der Waals surface area contributed by atoms with Crippen molar-refractivity contribution >= 4 is 27.5 Å². The number of hydrogen-bond acceptors (Lipinski definition) is 3. The fourth-order valence-electron chi connectivity index (χ4n) is 1.33. The van der Waals surface area contributed by atoms with Crippen molar-refractivity contribution in [3.05, 3.63) is 51.3 Å². The van der Waals surface area contributed by atoms with Crippen molar-refractivity contribution in [2.24, 2.45) is 5.73 Å². The molecule has 2 aromatic rings. The van der Waals surface area contributed by atoms with E-state index < -0.39 is 5.82 Å². The molecule has 0 bridgehead atoms. The molecule has 1 heterocycles. The molecule has 3 nitrogen and oxygen atoms in total. The SMILES string of the molecule is NCc1nc(Oc2ccc(Br)c(F)c2)ccc1Cl. The van der Waals surface area contributed by atoms with E-state index in [2.05, 4.69) is 20.9 Å². The van der Waals surface area contributed by atoms with Gasteiger partial charge in [0, 0.05) is 18.7 Å². The van der Waals surface area contributed by atoms with E-state index in [1.807, 2.05) is 0 Å². The van der Waals surface area contributed by atoms with Crippen LogP contribution in [0.4, 0.5) is 4.39 Å². The highest BCUT2D eigenvalue weighted by atomic mass is 79.9. The second kappa shape index (κ2) is 5.65. The number of rotatable bonds is 3. The van der Waals surface area contributed by atoms with Crippen LogP contribution in [0, 0.1) is 5.82 Å². The summed E-state index contributed by atoms with van der Waals surface area (Å²) in [5, 5.41) is 0.479. The van der Waals surface area contributed by atoms with Crippen molar-refractivity contribution < 1.29 is 9.13 Å². The quantitative estimate of drug-likeness (QED) is 0.928. The standard InChI is InChI=1S/C12H9BrClFN2O/c13-8-2-1-7(5-10(8)15)18-12-4-3-9(14)11(6-16)17-12/h1-5H,6,16H2. The van der Waals surface area contributed by atoms with Gasteiger partial charge in [-0.25, -0.2) is 9.37 Å². The highest BCUT2D eigenvalue weighted by Crippen LogP contribution is 2.26. The van der Waals surface area contributed by atoms with Gasteiger partial charge in [-0.3, -0.25) is 0 Å². The van der Waals surface area contributed by atoms with Gasteiger partial charge in [0.2, 0.25) is 5.88 Å². The Balaban J connectivity index is 2.25. The van der Waals surface area contributed by atoms with Crippen LogP contribution in [0.3, 0.4) is 0 Å². The lowest BCUT2D eigenvalue weighted by Crippen LogP contribution is -2.01. The molecule has 18 heavy (non-hydrogen) atoms. The number of hydrogen-bond donors (Lipinski definition) is 1. The summed E-state index contributed by atoms with van der Waals surface area (Å²) in [6, 6.07) is 7.70. The molecule has 0 atom stereocenters. The largest absolute Gasteiger partial charge is 0.439 e. The first-order chi connectivity index (χ1) is 8.60. The van der Waals surface area contributed by atoms with Crippen molar-refractivity contribution in [3.8, 4) is 11.6 Å². The summed E-state index contributed by atoms with van der Waals surface area (Å²) >= 11 is 8.95. The zero-order valence-corrected chi connectivity index (χ0v) is 11.5. The molecular formula is C12H9BrClFN2O. The average Bonchev–Trinajstić information content (AvgIpc) is 2.36. The predicted octanol–water partition coefficient (Wildman–Crippen LogP) is 3.89. The van der Waals surface area contributed by atoms with Crippen LogP contribution in [-0.2, 0) is 6.54 Å². The molecule has 0 saturated carbocycles. The Labute approximate surface area is 117 Å². The molecular weight excluding hydrogens is 322 g/mol. The van der Waals surface area contributed by atoms with Crippen molar-refractivity contribution in [3.63, 3.8) is 0 Å². The number of aromatic nitrogens is 1. The molecule has 0 aliphatic carbocycles. The predicted molar refractivity (Wildman–Crippen MR) is 71.3 cm³/mol. The summed E-state index contributed by atoms with van der Waals surface area (Å²) in [5.41, 5.74) is 6.02. The number of benzene rings is 1. The third-order valence-corrected chi connectivity index (χ3v) is 3.19. The third kappa shape index (κ3) is 2.98. The molecule has 0 aliphatic rings. The van der Waals surface area contributed by atoms with Crippen LogP contribution in [0.2, 0.25) is 5.02 Å². The summed E-state index contributed by atoms with van der Waals surface area (Å²) in [4.78, 5) is 4.12. The molecule has 2 rings (SSSR count). The highest BCUT2D eigenvalue weighted by Gasteiger charge is 2.06. The van der Waals surface area contributed by atoms with E-state index in [1.165, 1.54) is 6.07 Å². The second-order valence-electron chi connectivity index (χ2n) is 3.46. The van der Waals surface area contributed by atoms with Crippen LogP contribution in [0.5, 0.6) is 11.6 Å². The minimum atomic E-state index is -0.402. The number of nitrogens with two attached hydrogens (primary N) is 1. The Morgan fingerprint density at radius 2 is 2.11 bits per heavy atom. The van der Waals surface area contributed by atoms with Gasteiger partial charge in [0.1, 0.15) is 11.6 Å².